The van der Waals surface area contributed by atoms with Gasteiger partial charge in [0.25, 0.3) is 5.91 Å². The summed E-state index contributed by atoms with van der Waals surface area (Å²) < 4.78 is 0. The first-order valence-corrected chi connectivity index (χ1v) is 10.2. The van der Waals surface area contributed by atoms with E-state index in [-0.39, 0.29) is 12.0 Å². The van der Waals surface area contributed by atoms with Gasteiger partial charge in [0.05, 0.1) is 16.5 Å². The van der Waals surface area contributed by atoms with Gasteiger partial charge in [0.2, 0.25) is 0 Å². The topological polar surface area (TPSA) is 69.6 Å². The third kappa shape index (κ3) is 3.79. The van der Waals surface area contributed by atoms with Crippen LogP contribution in [0.1, 0.15) is 36.0 Å². The van der Waals surface area contributed by atoms with Gasteiger partial charge in [0.15, 0.2) is 5.82 Å². The highest BCUT2D eigenvalue weighted by atomic mass is 32.1. The van der Waals surface area contributed by atoms with Crippen LogP contribution in [-0.2, 0) is 0 Å². The minimum atomic E-state index is -0.192. The number of carbonyl (C=O) groups excluding carboxylic acids is 1. The minimum absolute atomic E-state index is 0.0138. The zero-order valence-corrected chi connectivity index (χ0v) is 15.6. The molecule has 1 atom stereocenters. The van der Waals surface area contributed by atoms with Crippen LogP contribution in [0.3, 0.4) is 0 Å². The molecule has 26 heavy (non-hydrogen) atoms. The fourth-order valence-corrected chi connectivity index (χ4v) is 4.57. The van der Waals surface area contributed by atoms with E-state index < -0.39 is 0 Å². The molecule has 0 unspecified atom stereocenters. The molecule has 2 saturated heterocycles. The first-order valence-electron chi connectivity index (χ1n) is 9.28. The number of amides is 1. The average Bonchev–Trinajstić information content (AvgIpc) is 3.23. The number of nitrogens with zero attached hydrogens (tertiary/aromatic N) is 4. The number of aliphatic hydroxyl groups excluding tert-OH is 1. The van der Waals surface area contributed by atoms with Gasteiger partial charge in [0.1, 0.15) is 0 Å². The van der Waals surface area contributed by atoms with E-state index in [1.165, 1.54) is 0 Å². The molecule has 0 saturated carbocycles. The van der Waals surface area contributed by atoms with Gasteiger partial charge in [-0.2, -0.15) is 0 Å². The monoisotopic (exact) mass is 372 g/mol. The van der Waals surface area contributed by atoms with Crippen molar-refractivity contribution in [3.05, 3.63) is 35.5 Å². The quantitative estimate of drug-likeness (QED) is 0.895. The van der Waals surface area contributed by atoms with E-state index in [2.05, 4.69) is 14.9 Å². The molecule has 0 bridgehead atoms. The number of thiophene rings is 1. The van der Waals surface area contributed by atoms with Crippen LogP contribution in [0.4, 0.5) is 0 Å². The number of rotatable bonds is 3. The molecule has 2 fully saturated rings. The van der Waals surface area contributed by atoms with Crippen LogP contribution in [0.5, 0.6) is 0 Å². The first-order chi connectivity index (χ1) is 12.7. The van der Waals surface area contributed by atoms with Crippen molar-refractivity contribution < 1.29 is 9.90 Å². The van der Waals surface area contributed by atoms with Crippen LogP contribution in [0.2, 0.25) is 0 Å². The van der Waals surface area contributed by atoms with Crippen LogP contribution in [0.25, 0.3) is 10.7 Å². The van der Waals surface area contributed by atoms with E-state index in [1.54, 1.807) is 23.7 Å². The SMILES string of the molecule is O=C(c1cnc(-c2cccs2)nc1)N1CCC(N2CCC[C@@H](O)C2)CC1. The molecule has 7 heteroatoms. The number of hydrogen-bond donors (Lipinski definition) is 1. The lowest BCUT2D eigenvalue weighted by Crippen LogP contribution is -2.50. The van der Waals surface area contributed by atoms with Gasteiger partial charge in [-0.15, -0.1) is 11.3 Å². The van der Waals surface area contributed by atoms with Crippen molar-refractivity contribution in [1.29, 1.82) is 0 Å². The summed E-state index contributed by atoms with van der Waals surface area (Å²) in [7, 11) is 0. The van der Waals surface area contributed by atoms with Crippen LogP contribution in [-0.4, -0.2) is 69.1 Å². The maximum atomic E-state index is 12.7. The number of likely N-dealkylation sites (tertiary alicyclic amines) is 2. The maximum absolute atomic E-state index is 12.7. The summed E-state index contributed by atoms with van der Waals surface area (Å²) >= 11 is 1.59. The highest BCUT2D eigenvalue weighted by Gasteiger charge is 2.30. The van der Waals surface area contributed by atoms with Crippen molar-refractivity contribution in [2.45, 2.75) is 37.8 Å². The molecule has 1 N–H and O–H groups in total. The summed E-state index contributed by atoms with van der Waals surface area (Å²) in [6, 6.07) is 4.42. The van der Waals surface area contributed by atoms with Crippen molar-refractivity contribution in [2.24, 2.45) is 0 Å². The van der Waals surface area contributed by atoms with Crippen molar-refractivity contribution in [1.82, 2.24) is 19.8 Å². The normalized spacial score (nSPS) is 22.5. The molecule has 0 spiro atoms. The fraction of sp³-hybridized carbons (Fsp3) is 0.526. The first kappa shape index (κ1) is 17.6. The van der Waals surface area contributed by atoms with Crippen molar-refractivity contribution in [3.8, 4) is 10.7 Å². The third-order valence-electron chi connectivity index (χ3n) is 5.34. The Morgan fingerprint density at radius 2 is 1.92 bits per heavy atom. The Morgan fingerprint density at radius 1 is 1.15 bits per heavy atom. The van der Waals surface area contributed by atoms with Crippen molar-refractivity contribution in [3.63, 3.8) is 0 Å². The summed E-state index contributed by atoms with van der Waals surface area (Å²) in [5.41, 5.74) is 0.553. The summed E-state index contributed by atoms with van der Waals surface area (Å²) in [4.78, 5) is 26.7. The van der Waals surface area contributed by atoms with Gasteiger partial charge in [-0.3, -0.25) is 9.69 Å². The number of piperidine rings is 2. The average molecular weight is 372 g/mol. The predicted octanol–water partition coefficient (Wildman–Crippen LogP) is 2.27. The van der Waals surface area contributed by atoms with Gasteiger partial charge < -0.3 is 10.0 Å². The van der Waals surface area contributed by atoms with Crippen LogP contribution in [0.15, 0.2) is 29.9 Å². The van der Waals surface area contributed by atoms with Gasteiger partial charge >= 0.3 is 0 Å². The molecular formula is C19H24N4O2S. The Balaban J connectivity index is 1.34. The van der Waals surface area contributed by atoms with Gasteiger partial charge in [-0.25, -0.2) is 9.97 Å². The molecule has 0 radical (unpaired) electrons. The van der Waals surface area contributed by atoms with Crippen molar-refractivity contribution >= 4 is 17.2 Å². The molecule has 138 valence electrons. The van der Waals surface area contributed by atoms with Crippen molar-refractivity contribution in [2.75, 3.05) is 26.2 Å². The standard InChI is InChI=1S/C19H24N4O2S/c24-16-3-1-7-23(13-16)15-5-8-22(9-6-15)19(25)14-11-20-18(21-12-14)17-4-2-10-26-17/h2,4,10-12,15-16,24H,1,3,5-9,13H2/t16-/m1/s1. The predicted molar refractivity (Wildman–Crippen MR) is 101 cm³/mol. The van der Waals surface area contributed by atoms with E-state index in [4.69, 9.17) is 0 Å². The molecule has 1 amide bonds. The summed E-state index contributed by atoms with van der Waals surface area (Å²) in [6.07, 6.45) is 6.99. The molecule has 6 nitrogen and oxygen atoms in total. The number of β-amino-alcohol motifs (C(OH)–C–C–N with tert-alkyl or cyclic N) is 1. The zero-order valence-electron chi connectivity index (χ0n) is 14.8. The molecular weight excluding hydrogens is 348 g/mol. The van der Waals surface area contributed by atoms with Gasteiger partial charge in [-0.1, -0.05) is 6.07 Å². The number of carbonyl (C=O) groups is 1. The Labute approximate surface area is 157 Å². The minimum Gasteiger partial charge on any atom is -0.392 e. The van der Waals surface area contributed by atoms with E-state index in [9.17, 15) is 9.90 Å². The highest BCUT2D eigenvalue weighted by Crippen LogP contribution is 2.23. The lowest BCUT2D eigenvalue weighted by Gasteiger charge is -2.41. The second kappa shape index (κ2) is 7.82. The molecule has 4 rings (SSSR count). The van der Waals surface area contributed by atoms with E-state index in [0.717, 1.165) is 56.7 Å². The van der Waals surface area contributed by atoms with Crippen LogP contribution in [0, 0.1) is 0 Å². The van der Waals surface area contributed by atoms with E-state index >= 15 is 0 Å². The van der Waals surface area contributed by atoms with E-state index in [0.29, 0.717) is 17.4 Å². The largest absolute Gasteiger partial charge is 0.392 e. The molecule has 0 aromatic carbocycles. The third-order valence-corrected chi connectivity index (χ3v) is 6.20. The number of hydrogen-bond acceptors (Lipinski definition) is 6. The second-order valence-electron chi connectivity index (χ2n) is 7.09. The molecule has 2 aromatic rings. The zero-order chi connectivity index (χ0) is 17.9. The Morgan fingerprint density at radius 3 is 2.58 bits per heavy atom. The Hall–Kier alpha value is -1.83. The second-order valence-corrected chi connectivity index (χ2v) is 8.03. The fourth-order valence-electron chi connectivity index (χ4n) is 3.90. The van der Waals surface area contributed by atoms with Gasteiger partial charge in [0, 0.05) is 38.1 Å². The molecule has 2 aliphatic heterocycles. The van der Waals surface area contributed by atoms with Crippen LogP contribution < -0.4 is 0 Å². The molecule has 2 aromatic heterocycles. The summed E-state index contributed by atoms with van der Waals surface area (Å²) in [5, 5.41) is 11.9. The van der Waals surface area contributed by atoms with E-state index in [1.807, 2.05) is 22.4 Å². The molecule has 0 aliphatic carbocycles. The summed E-state index contributed by atoms with van der Waals surface area (Å²) in [5.74, 6) is 0.679. The molecule has 4 heterocycles. The highest BCUT2D eigenvalue weighted by molar-refractivity contribution is 7.13. The van der Waals surface area contributed by atoms with Crippen LogP contribution >= 0.6 is 11.3 Å². The Kier molecular flexibility index (Phi) is 5.28. The number of aliphatic hydroxyl groups is 1. The molecule has 2 aliphatic rings. The lowest BCUT2D eigenvalue weighted by molar-refractivity contribution is 0.0240. The summed E-state index contributed by atoms with van der Waals surface area (Å²) in [6.45, 7) is 3.34. The maximum Gasteiger partial charge on any atom is 0.256 e. The van der Waals surface area contributed by atoms with Gasteiger partial charge in [-0.05, 0) is 43.7 Å². The lowest BCUT2D eigenvalue weighted by atomic mass is 9.98. The Bertz CT molecular complexity index is 727. The number of aromatic nitrogens is 2. The smallest absolute Gasteiger partial charge is 0.256 e.